The molecular weight excluding hydrogens is 230 g/mol. The van der Waals surface area contributed by atoms with E-state index in [2.05, 4.69) is 20.6 Å². The number of aliphatic hydroxyl groups excluding tert-OH is 1. The summed E-state index contributed by atoms with van der Waals surface area (Å²) in [5.41, 5.74) is 0.794. The van der Waals surface area contributed by atoms with Crippen molar-refractivity contribution >= 4 is 17.3 Å². The number of nitrogens with one attached hydrogen (secondary N) is 2. The lowest BCUT2D eigenvalue weighted by molar-refractivity contribution is 0.188. The predicted molar refractivity (Wildman–Crippen MR) is 71.9 cm³/mol. The summed E-state index contributed by atoms with van der Waals surface area (Å²) in [6, 6.07) is 0. The lowest BCUT2D eigenvalue weighted by atomic mass is 10.3. The number of anilines is 2. The highest BCUT2D eigenvalue weighted by Crippen LogP contribution is 2.16. The fourth-order valence-corrected chi connectivity index (χ4v) is 1.72. The van der Waals surface area contributed by atoms with Crippen molar-refractivity contribution in [1.29, 1.82) is 0 Å². The summed E-state index contributed by atoms with van der Waals surface area (Å²) >= 11 is 0. The molecule has 0 aliphatic heterocycles. The van der Waals surface area contributed by atoms with Gasteiger partial charge < -0.3 is 20.1 Å². The minimum absolute atomic E-state index is 0.315. The first-order chi connectivity index (χ1) is 8.70. The first-order valence-electron chi connectivity index (χ1n) is 6.20. The molecule has 18 heavy (non-hydrogen) atoms. The van der Waals surface area contributed by atoms with Crippen LogP contribution in [0.5, 0.6) is 0 Å². The zero-order chi connectivity index (χ0) is 13.0. The van der Waals surface area contributed by atoms with Crippen molar-refractivity contribution in [2.24, 2.45) is 0 Å². The lowest BCUT2D eigenvalue weighted by Gasteiger charge is -2.10. The Morgan fingerprint density at radius 2 is 2.28 bits per heavy atom. The molecule has 2 rings (SSSR count). The minimum Gasteiger partial charge on any atom is -0.393 e. The van der Waals surface area contributed by atoms with Crippen LogP contribution in [0.1, 0.15) is 20.3 Å². The van der Waals surface area contributed by atoms with E-state index in [1.165, 1.54) is 0 Å². The second-order valence-corrected chi connectivity index (χ2v) is 4.23. The molecule has 2 heterocycles. The van der Waals surface area contributed by atoms with Gasteiger partial charge in [-0.05, 0) is 20.3 Å². The number of hydrogen-bond acceptors (Lipinski definition) is 5. The van der Waals surface area contributed by atoms with Crippen LogP contribution in [-0.4, -0.2) is 38.7 Å². The summed E-state index contributed by atoms with van der Waals surface area (Å²) in [7, 11) is 0. The van der Waals surface area contributed by atoms with Crippen LogP contribution in [0.3, 0.4) is 0 Å². The van der Waals surface area contributed by atoms with E-state index in [-0.39, 0.29) is 6.10 Å². The van der Waals surface area contributed by atoms with Gasteiger partial charge in [-0.1, -0.05) is 0 Å². The molecule has 98 valence electrons. The molecule has 1 atom stereocenters. The van der Waals surface area contributed by atoms with Crippen molar-refractivity contribution in [3.8, 4) is 0 Å². The summed E-state index contributed by atoms with van der Waals surface area (Å²) in [5, 5.41) is 15.6. The predicted octanol–water partition coefficient (Wildman–Crippen LogP) is 1.34. The smallest absolute Gasteiger partial charge is 0.180 e. The second kappa shape index (κ2) is 5.68. The van der Waals surface area contributed by atoms with Gasteiger partial charge in [0.25, 0.3) is 0 Å². The SMILES string of the molecule is CCNc1cn2ccnc2c(NCCC(C)O)n1. The van der Waals surface area contributed by atoms with Gasteiger partial charge in [-0.2, -0.15) is 0 Å². The quantitative estimate of drug-likeness (QED) is 0.720. The molecule has 6 nitrogen and oxygen atoms in total. The molecule has 0 radical (unpaired) electrons. The van der Waals surface area contributed by atoms with Gasteiger partial charge in [-0.25, -0.2) is 9.97 Å². The summed E-state index contributed by atoms with van der Waals surface area (Å²) in [6.07, 6.45) is 5.90. The largest absolute Gasteiger partial charge is 0.393 e. The number of imidazole rings is 1. The van der Waals surface area contributed by atoms with E-state index in [9.17, 15) is 5.11 Å². The third-order valence-corrected chi connectivity index (χ3v) is 2.59. The van der Waals surface area contributed by atoms with Crippen LogP contribution in [0.2, 0.25) is 0 Å². The minimum atomic E-state index is -0.315. The Hall–Kier alpha value is -1.82. The van der Waals surface area contributed by atoms with Gasteiger partial charge in [0.15, 0.2) is 11.5 Å². The molecule has 0 aliphatic carbocycles. The zero-order valence-electron chi connectivity index (χ0n) is 10.7. The monoisotopic (exact) mass is 249 g/mol. The fourth-order valence-electron chi connectivity index (χ4n) is 1.72. The van der Waals surface area contributed by atoms with Gasteiger partial charge in [0.1, 0.15) is 5.82 Å². The maximum atomic E-state index is 9.25. The molecule has 2 aromatic rings. The lowest BCUT2D eigenvalue weighted by Crippen LogP contribution is -2.12. The van der Waals surface area contributed by atoms with E-state index < -0.39 is 0 Å². The molecule has 1 unspecified atom stereocenters. The van der Waals surface area contributed by atoms with Gasteiger partial charge in [-0.15, -0.1) is 0 Å². The van der Waals surface area contributed by atoms with Crippen LogP contribution in [0.25, 0.3) is 5.65 Å². The maximum absolute atomic E-state index is 9.25. The molecule has 0 bridgehead atoms. The number of hydrogen-bond donors (Lipinski definition) is 3. The van der Waals surface area contributed by atoms with Crippen LogP contribution < -0.4 is 10.6 Å². The maximum Gasteiger partial charge on any atom is 0.180 e. The summed E-state index contributed by atoms with van der Waals surface area (Å²) in [4.78, 5) is 8.74. The average Bonchev–Trinajstić information content (AvgIpc) is 2.77. The average molecular weight is 249 g/mol. The topological polar surface area (TPSA) is 74.5 Å². The molecule has 2 aromatic heterocycles. The number of aromatic nitrogens is 3. The first-order valence-corrected chi connectivity index (χ1v) is 6.20. The van der Waals surface area contributed by atoms with E-state index in [4.69, 9.17) is 0 Å². The van der Waals surface area contributed by atoms with Crippen molar-refractivity contribution < 1.29 is 5.11 Å². The molecule has 6 heteroatoms. The van der Waals surface area contributed by atoms with Crippen LogP contribution in [0, 0.1) is 0 Å². The third kappa shape index (κ3) is 2.89. The van der Waals surface area contributed by atoms with Crippen LogP contribution in [-0.2, 0) is 0 Å². The Kier molecular flexibility index (Phi) is 3.99. The van der Waals surface area contributed by atoms with Gasteiger partial charge >= 0.3 is 0 Å². The summed E-state index contributed by atoms with van der Waals surface area (Å²) in [5.74, 6) is 1.54. The van der Waals surface area contributed by atoms with Crippen LogP contribution in [0.4, 0.5) is 11.6 Å². The van der Waals surface area contributed by atoms with Crippen LogP contribution in [0.15, 0.2) is 18.6 Å². The Balaban J connectivity index is 2.20. The Morgan fingerprint density at radius 3 is 3.00 bits per heavy atom. The number of nitrogens with zero attached hydrogens (tertiary/aromatic N) is 3. The summed E-state index contributed by atoms with van der Waals surface area (Å²) < 4.78 is 1.93. The molecule has 0 aromatic carbocycles. The highest BCUT2D eigenvalue weighted by atomic mass is 16.3. The van der Waals surface area contributed by atoms with Gasteiger partial charge in [0.2, 0.25) is 0 Å². The molecule has 0 spiro atoms. The normalized spacial score (nSPS) is 12.6. The Morgan fingerprint density at radius 1 is 1.44 bits per heavy atom. The van der Waals surface area contributed by atoms with Crippen molar-refractivity contribution in [2.45, 2.75) is 26.4 Å². The van der Waals surface area contributed by atoms with Crippen molar-refractivity contribution in [2.75, 3.05) is 23.7 Å². The number of aliphatic hydroxyl groups is 1. The van der Waals surface area contributed by atoms with E-state index >= 15 is 0 Å². The summed E-state index contributed by atoms with van der Waals surface area (Å²) in [6.45, 7) is 5.29. The molecule has 3 N–H and O–H groups in total. The molecule has 0 saturated heterocycles. The first kappa shape index (κ1) is 12.6. The zero-order valence-corrected chi connectivity index (χ0v) is 10.7. The van der Waals surface area contributed by atoms with Crippen LogP contribution >= 0.6 is 0 Å². The molecule has 0 amide bonds. The molecule has 0 saturated carbocycles. The van der Waals surface area contributed by atoms with Gasteiger partial charge in [0.05, 0.1) is 12.3 Å². The standard InChI is InChI=1S/C12H19N5O/c1-3-13-10-8-17-7-6-15-12(17)11(16-10)14-5-4-9(2)18/h6-9,13,18H,3-5H2,1-2H3,(H,14,16). The highest BCUT2D eigenvalue weighted by molar-refractivity contribution is 5.65. The van der Waals surface area contributed by atoms with Gasteiger partial charge in [-0.3, -0.25) is 0 Å². The van der Waals surface area contributed by atoms with E-state index in [0.29, 0.717) is 13.0 Å². The highest BCUT2D eigenvalue weighted by Gasteiger charge is 2.07. The fraction of sp³-hybridized carbons (Fsp3) is 0.500. The number of fused-ring (bicyclic) bond motifs is 1. The van der Waals surface area contributed by atoms with Crippen molar-refractivity contribution in [3.05, 3.63) is 18.6 Å². The van der Waals surface area contributed by atoms with Gasteiger partial charge in [0, 0.05) is 25.5 Å². The Labute approximate surface area is 106 Å². The molecule has 0 aliphatic rings. The molecule has 0 fully saturated rings. The van der Waals surface area contributed by atoms with E-state index in [1.807, 2.05) is 23.7 Å². The third-order valence-electron chi connectivity index (χ3n) is 2.59. The van der Waals surface area contributed by atoms with E-state index in [1.54, 1.807) is 13.1 Å². The number of rotatable bonds is 6. The van der Waals surface area contributed by atoms with Crippen molar-refractivity contribution in [1.82, 2.24) is 14.4 Å². The van der Waals surface area contributed by atoms with Crippen molar-refractivity contribution in [3.63, 3.8) is 0 Å². The van der Waals surface area contributed by atoms with E-state index in [0.717, 1.165) is 23.8 Å². The molecular formula is C12H19N5O. The second-order valence-electron chi connectivity index (χ2n) is 4.23. The Bertz CT molecular complexity index is 508.